The van der Waals surface area contributed by atoms with Crippen LogP contribution in [0.4, 0.5) is 5.69 Å². The van der Waals surface area contributed by atoms with Gasteiger partial charge in [-0.2, -0.15) is 5.10 Å². The Morgan fingerprint density at radius 3 is 2.42 bits per heavy atom. The van der Waals surface area contributed by atoms with Crippen LogP contribution in [0.5, 0.6) is 5.75 Å². The van der Waals surface area contributed by atoms with Gasteiger partial charge in [-0.25, -0.2) is 5.43 Å². The second-order valence-corrected chi connectivity index (χ2v) is 5.70. The zero-order valence-electron chi connectivity index (χ0n) is 15.0. The molecule has 2 amide bonds. The molecule has 26 heavy (non-hydrogen) atoms. The largest absolute Gasteiger partial charge is 0.492 e. The number of hydrogen-bond donors (Lipinski definition) is 2. The van der Waals surface area contributed by atoms with Gasteiger partial charge >= 0.3 is 0 Å². The molecule has 0 saturated carbocycles. The van der Waals surface area contributed by atoms with Gasteiger partial charge in [0.25, 0.3) is 0 Å². The number of nitrogens with zero attached hydrogens (tertiary/aromatic N) is 1. The van der Waals surface area contributed by atoms with Gasteiger partial charge < -0.3 is 10.1 Å². The molecule has 0 bridgehead atoms. The van der Waals surface area contributed by atoms with E-state index in [4.69, 9.17) is 4.74 Å². The summed E-state index contributed by atoms with van der Waals surface area (Å²) in [6.45, 7) is 4.09. The summed E-state index contributed by atoms with van der Waals surface area (Å²) in [4.78, 5) is 24.0. The molecule has 0 aliphatic heterocycles. The molecule has 0 aliphatic rings. The van der Waals surface area contributed by atoms with E-state index in [0.717, 1.165) is 5.56 Å². The lowest BCUT2D eigenvalue weighted by molar-refractivity contribution is -0.120. The van der Waals surface area contributed by atoms with Gasteiger partial charge in [-0.1, -0.05) is 42.5 Å². The van der Waals surface area contributed by atoms with Crippen molar-refractivity contribution in [2.75, 3.05) is 11.9 Å². The smallest absolute Gasteiger partial charge is 0.244 e. The molecule has 0 saturated heterocycles. The number of rotatable bonds is 8. The Bertz CT molecular complexity index is 773. The fraction of sp³-hybridized carbons (Fsp3) is 0.250. The van der Waals surface area contributed by atoms with Crippen molar-refractivity contribution in [3.8, 4) is 5.75 Å². The van der Waals surface area contributed by atoms with Crippen molar-refractivity contribution >= 4 is 23.2 Å². The topological polar surface area (TPSA) is 79.8 Å². The molecular formula is C20H23N3O3. The third-order valence-corrected chi connectivity index (χ3v) is 3.46. The monoisotopic (exact) mass is 353 g/mol. The summed E-state index contributed by atoms with van der Waals surface area (Å²) in [5.74, 6) is 0.169. The van der Waals surface area contributed by atoms with Gasteiger partial charge in [0.05, 0.1) is 25.1 Å². The molecule has 0 fully saturated rings. The molecule has 136 valence electrons. The maximum atomic E-state index is 12.2. The van der Waals surface area contributed by atoms with Crippen LogP contribution >= 0.6 is 0 Å². The van der Waals surface area contributed by atoms with E-state index >= 15 is 0 Å². The number of carbonyl (C=O) groups is 2. The van der Waals surface area contributed by atoms with Gasteiger partial charge in [0.1, 0.15) is 5.75 Å². The van der Waals surface area contributed by atoms with Crippen molar-refractivity contribution in [2.24, 2.45) is 5.10 Å². The first-order valence-corrected chi connectivity index (χ1v) is 8.46. The molecule has 0 aromatic heterocycles. The number of benzene rings is 2. The molecule has 6 nitrogen and oxygen atoms in total. The third-order valence-electron chi connectivity index (χ3n) is 3.46. The Kier molecular flexibility index (Phi) is 7.36. The van der Waals surface area contributed by atoms with Crippen LogP contribution in [0.15, 0.2) is 59.7 Å². The Morgan fingerprint density at radius 2 is 1.69 bits per heavy atom. The van der Waals surface area contributed by atoms with E-state index in [1.165, 1.54) is 0 Å². The summed E-state index contributed by atoms with van der Waals surface area (Å²) in [7, 11) is 0. The van der Waals surface area contributed by atoms with Crippen molar-refractivity contribution in [1.29, 1.82) is 0 Å². The van der Waals surface area contributed by atoms with E-state index in [1.807, 2.05) is 49.4 Å². The van der Waals surface area contributed by atoms with Crippen LogP contribution in [-0.2, 0) is 16.0 Å². The Balaban J connectivity index is 1.84. The van der Waals surface area contributed by atoms with Crippen LogP contribution in [0.25, 0.3) is 0 Å². The molecule has 2 rings (SSSR count). The second kappa shape index (κ2) is 9.98. The molecule has 2 aromatic carbocycles. The van der Waals surface area contributed by atoms with Crippen LogP contribution in [-0.4, -0.2) is 24.1 Å². The zero-order chi connectivity index (χ0) is 18.8. The van der Waals surface area contributed by atoms with Crippen LogP contribution in [0.1, 0.15) is 25.8 Å². The van der Waals surface area contributed by atoms with Crippen molar-refractivity contribution in [3.63, 3.8) is 0 Å². The average molecular weight is 353 g/mol. The lowest BCUT2D eigenvalue weighted by Gasteiger charge is -2.11. The van der Waals surface area contributed by atoms with E-state index in [2.05, 4.69) is 15.8 Å². The van der Waals surface area contributed by atoms with Crippen LogP contribution in [0.2, 0.25) is 0 Å². The summed E-state index contributed by atoms with van der Waals surface area (Å²) in [5.41, 5.74) is 4.51. The zero-order valence-corrected chi connectivity index (χ0v) is 15.0. The lowest BCUT2D eigenvalue weighted by Crippen LogP contribution is -2.23. The minimum atomic E-state index is -0.226. The fourth-order valence-corrected chi connectivity index (χ4v) is 2.30. The maximum Gasteiger partial charge on any atom is 0.244 e. The molecule has 0 heterocycles. The minimum Gasteiger partial charge on any atom is -0.492 e. The fourth-order valence-electron chi connectivity index (χ4n) is 2.30. The van der Waals surface area contributed by atoms with E-state index in [-0.39, 0.29) is 24.7 Å². The highest BCUT2D eigenvalue weighted by atomic mass is 16.5. The van der Waals surface area contributed by atoms with Gasteiger partial charge in [0.15, 0.2) is 0 Å². The lowest BCUT2D eigenvalue weighted by atomic mass is 10.1. The third kappa shape index (κ3) is 6.39. The number of anilines is 1. The SMILES string of the molecule is CCOc1ccccc1NC(=O)CC(C)=NNC(=O)Cc1ccccc1. The molecule has 0 spiro atoms. The molecule has 0 unspecified atom stereocenters. The normalized spacial score (nSPS) is 10.9. The highest BCUT2D eigenvalue weighted by Gasteiger charge is 2.09. The number of para-hydroxylation sites is 2. The maximum absolute atomic E-state index is 12.2. The number of hydrazone groups is 1. The number of amides is 2. The van der Waals surface area contributed by atoms with E-state index < -0.39 is 0 Å². The first-order valence-electron chi connectivity index (χ1n) is 8.46. The summed E-state index contributed by atoms with van der Waals surface area (Å²) in [5, 5.41) is 6.78. The van der Waals surface area contributed by atoms with Crippen molar-refractivity contribution in [3.05, 3.63) is 60.2 Å². The van der Waals surface area contributed by atoms with Crippen molar-refractivity contribution in [1.82, 2.24) is 5.43 Å². The minimum absolute atomic E-state index is 0.0755. The summed E-state index contributed by atoms with van der Waals surface area (Å²) < 4.78 is 5.48. The van der Waals surface area contributed by atoms with Crippen LogP contribution in [0.3, 0.4) is 0 Å². The summed E-state index contributed by atoms with van der Waals surface area (Å²) >= 11 is 0. The second-order valence-electron chi connectivity index (χ2n) is 5.70. The number of nitrogens with one attached hydrogen (secondary N) is 2. The molecule has 6 heteroatoms. The van der Waals surface area contributed by atoms with E-state index in [9.17, 15) is 9.59 Å². The van der Waals surface area contributed by atoms with Crippen molar-refractivity contribution < 1.29 is 14.3 Å². The van der Waals surface area contributed by atoms with Gasteiger partial charge in [-0.15, -0.1) is 0 Å². The summed E-state index contributed by atoms with van der Waals surface area (Å²) in [6.07, 6.45) is 0.317. The first kappa shape index (κ1) is 19.2. The molecule has 2 N–H and O–H groups in total. The molecule has 0 atom stereocenters. The van der Waals surface area contributed by atoms with Crippen LogP contribution < -0.4 is 15.5 Å². The summed E-state index contributed by atoms with van der Waals surface area (Å²) in [6, 6.07) is 16.6. The quantitative estimate of drug-likeness (QED) is 0.565. The molecule has 2 aromatic rings. The average Bonchev–Trinajstić information content (AvgIpc) is 2.63. The highest BCUT2D eigenvalue weighted by molar-refractivity contribution is 6.06. The Hall–Kier alpha value is -3.15. The Labute approximate surface area is 153 Å². The van der Waals surface area contributed by atoms with Gasteiger partial charge in [0, 0.05) is 5.71 Å². The van der Waals surface area contributed by atoms with Gasteiger partial charge in [-0.3, -0.25) is 9.59 Å². The molecular weight excluding hydrogens is 330 g/mol. The van der Waals surface area contributed by atoms with Crippen LogP contribution in [0, 0.1) is 0 Å². The van der Waals surface area contributed by atoms with Gasteiger partial charge in [-0.05, 0) is 31.5 Å². The number of carbonyl (C=O) groups excluding carboxylic acids is 2. The van der Waals surface area contributed by atoms with E-state index in [0.29, 0.717) is 23.8 Å². The van der Waals surface area contributed by atoms with Gasteiger partial charge in [0.2, 0.25) is 11.8 Å². The van der Waals surface area contributed by atoms with E-state index in [1.54, 1.807) is 19.1 Å². The first-order chi connectivity index (χ1) is 12.6. The molecule has 0 aliphatic carbocycles. The Morgan fingerprint density at radius 1 is 1.00 bits per heavy atom. The number of hydrogen-bond acceptors (Lipinski definition) is 4. The number of ether oxygens (including phenoxy) is 1. The molecule has 0 radical (unpaired) electrons. The highest BCUT2D eigenvalue weighted by Crippen LogP contribution is 2.23. The van der Waals surface area contributed by atoms with Crippen molar-refractivity contribution in [2.45, 2.75) is 26.7 Å². The standard InChI is InChI=1S/C20H23N3O3/c1-3-26-18-12-8-7-11-17(18)21-19(24)13-15(2)22-23-20(25)14-16-9-5-4-6-10-16/h4-12H,3,13-14H2,1-2H3,(H,21,24)(H,23,25). The predicted octanol–water partition coefficient (Wildman–Crippen LogP) is 3.15. The predicted molar refractivity (Wildman–Crippen MR) is 102 cm³/mol.